The van der Waals surface area contributed by atoms with Gasteiger partial charge in [-0.3, -0.25) is 4.79 Å². The van der Waals surface area contributed by atoms with Crippen molar-refractivity contribution in [2.45, 2.75) is 12.5 Å². The van der Waals surface area contributed by atoms with Gasteiger partial charge in [-0.1, -0.05) is 12.1 Å². The van der Waals surface area contributed by atoms with E-state index >= 15 is 0 Å². The van der Waals surface area contributed by atoms with Gasteiger partial charge < -0.3 is 26.4 Å². The van der Waals surface area contributed by atoms with Crippen LogP contribution in [-0.4, -0.2) is 42.2 Å². The molecule has 1 fully saturated rings. The topological polar surface area (TPSA) is 119 Å². The Morgan fingerprint density at radius 3 is 2.79 bits per heavy atom. The van der Waals surface area contributed by atoms with Crippen molar-refractivity contribution in [2.75, 3.05) is 30.4 Å². The van der Waals surface area contributed by atoms with Crippen molar-refractivity contribution in [3.8, 4) is 0 Å². The largest absolute Gasteiger partial charge is 0.468 e. The number of methoxy groups -OCH3 is 1. The summed E-state index contributed by atoms with van der Waals surface area (Å²) in [5, 5.41) is 3.85. The van der Waals surface area contributed by atoms with Crippen molar-refractivity contribution in [1.29, 1.82) is 0 Å². The second-order valence-corrected chi connectivity index (χ2v) is 5.53. The van der Waals surface area contributed by atoms with Crippen molar-refractivity contribution >= 4 is 28.6 Å². The lowest BCUT2D eigenvalue weighted by atomic mass is 10.2. The lowest BCUT2D eigenvalue weighted by Crippen LogP contribution is -2.38. The van der Waals surface area contributed by atoms with Crippen molar-refractivity contribution in [2.24, 2.45) is 11.5 Å². The number of nitrogens with two attached hydrogens (primary N) is 2. The van der Waals surface area contributed by atoms with Gasteiger partial charge in [-0.05, 0) is 24.6 Å². The van der Waals surface area contributed by atoms with Crippen LogP contribution in [0.2, 0.25) is 0 Å². The van der Waals surface area contributed by atoms with Crippen LogP contribution < -0.4 is 21.7 Å². The van der Waals surface area contributed by atoms with E-state index in [9.17, 15) is 4.79 Å². The Balaban J connectivity index is 1.92. The minimum atomic E-state index is -0.939. The average molecular weight is 328 g/mol. The SMILES string of the molecule is COC(=O)C(N)/C=C(\N)Nc1nc(N2CCC2)nc2ccccc12. The number of esters is 1. The highest BCUT2D eigenvalue weighted by molar-refractivity contribution is 5.90. The molecule has 3 rings (SSSR count). The summed E-state index contributed by atoms with van der Waals surface area (Å²) in [6, 6.07) is 6.72. The highest BCUT2D eigenvalue weighted by Gasteiger charge is 2.19. The van der Waals surface area contributed by atoms with E-state index in [0.717, 1.165) is 30.4 Å². The van der Waals surface area contributed by atoms with Crippen LogP contribution in [0.4, 0.5) is 11.8 Å². The second-order valence-electron chi connectivity index (χ2n) is 5.53. The van der Waals surface area contributed by atoms with Gasteiger partial charge in [0.05, 0.1) is 18.4 Å². The lowest BCUT2D eigenvalue weighted by molar-refractivity contribution is -0.140. The fourth-order valence-corrected chi connectivity index (χ4v) is 2.39. The van der Waals surface area contributed by atoms with Crippen molar-refractivity contribution in [3.05, 3.63) is 36.2 Å². The molecule has 0 aliphatic carbocycles. The van der Waals surface area contributed by atoms with Gasteiger partial charge in [0.15, 0.2) is 0 Å². The molecule has 1 unspecified atom stereocenters. The van der Waals surface area contributed by atoms with Crippen LogP contribution in [-0.2, 0) is 9.53 Å². The van der Waals surface area contributed by atoms with Crippen molar-refractivity contribution < 1.29 is 9.53 Å². The number of aromatic nitrogens is 2. The summed E-state index contributed by atoms with van der Waals surface area (Å²) in [6.07, 6.45) is 2.53. The summed E-state index contributed by atoms with van der Waals surface area (Å²) in [5.74, 6) is 0.903. The Kier molecular flexibility index (Phi) is 4.48. The van der Waals surface area contributed by atoms with Crippen LogP contribution in [0.3, 0.4) is 0 Å². The van der Waals surface area contributed by atoms with Crippen molar-refractivity contribution in [1.82, 2.24) is 9.97 Å². The smallest absolute Gasteiger partial charge is 0.326 e. The van der Waals surface area contributed by atoms with Gasteiger partial charge in [0.25, 0.3) is 0 Å². The van der Waals surface area contributed by atoms with E-state index in [0.29, 0.717) is 11.8 Å². The zero-order chi connectivity index (χ0) is 17.1. The molecule has 1 aromatic carbocycles. The van der Waals surface area contributed by atoms with Gasteiger partial charge in [0, 0.05) is 18.5 Å². The van der Waals surface area contributed by atoms with Crippen molar-refractivity contribution in [3.63, 3.8) is 0 Å². The molecule has 126 valence electrons. The molecule has 0 radical (unpaired) electrons. The number of nitrogens with zero attached hydrogens (tertiary/aromatic N) is 3. The number of para-hydroxylation sites is 1. The molecular weight excluding hydrogens is 308 g/mol. The highest BCUT2D eigenvalue weighted by Crippen LogP contribution is 2.25. The van der Waals surface area contributed by atoms with E-state index in [2.05, 4.69) is 24.9 Å². The molecule has 8 heteroatoms. The van der Waals surface area contributed by atoms with Crippen LogP contribution in [0.5, 0.6) is 0 Å². The van der Waals surface area contributed by atoms with Gasteiger partial charge in [-0.15, -0.1) is 0 Å². The predicted octanol–water partition coefficient (Wildman–Crippen LogP) is 0.552. The number of anilines is 2. The first kappa shape index (κ1) is 16.0. The summed E-state index contributed by atoms with van der Waals surface area (Å²) < 4.78 is 4.58. The van der Waals surface area contributed by atoms with Crippen LogP contribution in [0, 0.1) is 0 Å². The number of hydrogen-bond acceptors (Lipinski definition) is 8. The van der Waals surface area contributed by atoms with Gasteiger partial charge >= 0.3 is 5.97 Å². The number of carbonyl (C=O) groups is 1. The zero-order valence-corrected chi connectivity index (χ0v) is 13.4. The Labute approximate surface area is 139 Å². The number of benzene rings is 1. The number of fused-ring (bicyclic) bond motifs is 1. The minimum Gasteiger partial charge on any atom is -0.468 e. The highest BCUT2D eigenvalue weighted by atomic mass is 16.5. The van der Waals surface area contributed by atoms with E-state index in [1.165, 1.54) is 13.2 Å². The molecule has 1 atom stereocenters. The standard InChI is InChI=1S/C16H20N6O2/c1-24-15(23)11(17)9-13(18)20-14-10-5-2-3-6-12(10)19-16(21-14)22-7-4-8-22/h2-3,5-6,9,11H,4,7-8,17-18H2,1H3,(H,19,20,21)/b13-9+. The molecular formula is C16H20N6O2. The van der Waals surface area contributed by atoms with E-state index in [4.69, 9.17) is 11.5 Å². The molecule has 0 amide bonds. The van der Waals surface area contributed by atoms with Crippen LogP contribution in [0.25, 0.3) is 10.9 Å². The van der Waals surface area contributed by atoms with E-state index < -0.39 is 12.0 Å². The van der Waals surface area contributed by atoms with E-state index in [1.807, 2.05) is 24.3 Å². The molecule has 2 heterocycles. The van der Waals surface area contributed by atoms with Crippen LogP contribution >= 0.6 is 0 Å². The first-order valence-corrected chi connectivity index (χ1v) is 7.68. The molecule has 1 aromatic heterocycles. The lowest BCUT2D eigenvalue weighted by Gasteiger charge is -2.31. The van der Waals surface area contributed by atoms with Gasteiger partial charge in [-0.25, -0.2) is 4.98 Å². The summed E-state index contributed by atoms with van der Waals surface area (Å²) in [5.41, 5.74) is 12.5. The molecule has 1 aliphatic heterocycles. The number of carbonyl (C=O) groups excluding carboxylic acids is 1. The predicted molar refractivity (Wildman–Crippen MR) is 92.3 cm³/mol. The minimum absolute atomic E-state index is 0.228. The molecule has 5 N–H and O–H groups in total. The normalized spacial score (nSPS) is 15.8. The first-order chi connectivity index (χ1) is 11.6. The Morgan fingerprint density at radius 2 is 2.12 bits per heavy atom. The van der Waals surface area contributed by atoms with Crippen LogP contribution in [0.15, 0.2) is 36.2 Å². The number of ether oxygens (including phenoxy) is 1. The van der Waals surface area contributed by atoms with Gasteiger partial charge in [0.2, 0.25) is 5.95 Å². The first-order valence-electron chi connectivity index (χ1n) is 7.68. The fraction of sp³-hybridized carbons (Fsp3) is 0.312. The molecule has 1 aliphatic rings. The zero-order valence-electron chi connectivity index (χ0n) is 13.4. The summed E-state index contributed by atoms with van der Waals surface area (Å²) in [6.45, 7) is 1.88. The molecule has 24 heavy (non-hydrogen) atoms. The number of hydrogen-bond donors (Lipinski definition) is 3. The summed E-state index contributed by atoms with van der Waals surface area (Å²) in [7, 11) is 1.27. The molecule has 8 nitrogen and oxygen atoms in total. The van der Waals surface area contributed by atoms with Gasteiger partial charge in [-0.2, -0.15) is 4.98 Å². The molecule has 1 saturated heterocycles. The third kappa shape index (κ3) is 3.23. The Morgan fingerprint density at radius 1 is 1.38 bits per heavy atom. The van der Waals surface area contributed by atoms with Gasteiger partial charge in [0.1, 0.15) is 11.9 Å². The average Bonchev–Trinajstić information content (AvgIpc) is 2.52. The summed E-state index contributed by atoms with van der Waals surface area (Å²) in [4.78, 5) is 22.6. The maximum atomic E-state index is 11.4. The molecule has 0 spiro atoms. The maximum Gasteiger partial charge on any atom is 0.326 e. The van der Waals surface area contributed by atoms with E-state index in [1.54, 1.807) is 0 Å². The molecule has 0 saturated carbocycles. The van der Waals surface area contributed by atoms with E-state index in [-0.39, 0.29) is 5.82 Å². The molecule has 0 bridgehead atoms. The summed E-state index contributed by atoms with van der Waals surface area (Å²) >= 11 is 0. The quantitative estimate of drug-likeness (QED) is 0.681. The Hall–Kier alpha value is -2.87. The third-order valence-corrected chi connectivity index (χ3v) is 3.83. The second kappa shape index (κ2) is 6.71. The number of nitrogens with one attached hydrogen (secondary N) is 1. The maximum absolute atomic E-state index is 11.4. The third-order valence-electron chi connectivity index (χ3n) is 3.83. The Bertz CT molecular complexity index is 787. The van der Waals surface area contributed by atoms with Crippen LogP contribution in [0.1, 0.15) is 6.42 Å². The molecule has 2 aromatic rings. The monoisotopic (exact) mass is 328 g/mol. The number of rotatable bonds is 5. The fourth-order valence-electron chi connectivity index (χ4n) is 2.39.